The second kappa shape index (κ2) is 8.45. The fourth-order valence-electron chi connectivity index (χ4n) is 2.00. The summed E-state index contributed by atoms with van der Waals surface area (Å²) in [7, 11) is 0. The van der Waals surface area contributed by atoms with Gasteiger partial charge < -0.3 is 19.5 Å². The predicted octanol–water partition coefficient (Wildman–Crippen LogP) is 1.22. The third-order valence-corrected chi connectivity index (χ3v) is 2.98. The van der Waals surface area contributed by atoms with Crippen molar-refractivity contribution in [2.45, 2.75) is 32.8 Å². The van der Waals surface area contributed by atoms with Crippen LogP contribution in [-0.2, 0) is 14.3 Å². The molecule has 106 valence electrons. The zero-order chi connectivity index (χ0) is 13.4. The van der Waals surface area contributed by atoms with Gasteiger partial charge in [-0.3, -0.25) is 0 Å². The molecule has 0 atom stereocenters. The lowest BCUT2D eigenvalue weighted by Gasteiger charge is -2.31. The maximum absolute atomic E-state index is 10.4. The quantitative estimate of drug-likeness (QED) is 0.664. The molecule has 0 aromatic rings. The van der Waals surface area contributed by atoms with Crippen molar-refractivity contribution in [2.75, 3.05) is 39.5 Å². The molecule has 1 rings (SSSR count). The summed E-state index contributed by atoms with van der Waals surface area (Å²) in [5.41, 5.74) is 0. The fraction of sp³-hybridized carbons (Fsp3) is 0.923. The van der Waals surface area contributed by atoms with E-state index in [2.05, 4.69) is 18.7 Å². The summed E-state index contributed by atoms with van der Waals surface area (Å²) in [6.45, 7) is 8.60. The summed E-state index contributed by atoms with van der Waals surface area (Å²) < 4.78 is 10.8. The molecule has 0 amide bonds. The van der Waals surface area contributed by atoms with E-state index in [0.717, 1.165) is 45.7 Å². The van der Waals surface area contributed by atoms with E-state index in [4.69, 9.17) is 14.6 Å². The Morgan fingerprint density at radius 2 is 2.06 bits per heavy atom. The van der Waals surface area contributed by atoms with Crippen LogP contribution in [0, 0.1) is 5.92 Å². The molecular formula is C13H25NO4. The van der Waals surface area contributed by atoms with E-state index >= 15 is 0 Å². The molecule has 0 aliphatic carbocycles. The average Bonchev–Trinajstić information content (AvgIpc) is 2.33. The van der Waals surface area contributed by atoms with Gasteiger partial charge in [-0.1, -0.05) is 13.8 Å². The van der Waals surface area contributed by atoms with E-state index in [1.54, 1.807) is 0 Å². The average molecular weight is 259 g/mol. The third kappa shape index (κ3) is 6.93. The van der Waals surface area contributed by atoms with Crippen molar-refractivity contribution in [3.05, 3.63) is 0 Å². The lowest BCUT2D eigenvalue weighted by Crippen LogP contribution is -2.39. The molecule has 0 bridgehead atoms. The molecule has 0 unspecified atom stereocenters. The van der Waals surface area contributed by atoms with Crippen LogP contribution in [0.2, 0.25) is 0 Å². The van der Waals surface area contributed by atoms with Gasteiger partial charge >= 0.3 is 5.97 Å². The van der Waals surface area contributed by atoms with Gasteiger partial charge in [-0.15, -0.1) is 0 Å². The van der Waals surface area contributed by atoms with Gasteiger partial charge in [0.05, 0.1) is 12.7 Å². The van der Waals surface area contributed by atoms with Gasteiger partial charge in [-0.25, -0.2) is 4.79 Å². The second-order valence-electron chi connectivity index (χ2n) is 5.21. The Hall–Kier alpha value is -0.650. The molecule has 0 aromatic heterocycles. The van der Waals surface area contributed by atoms with E-state index in [1.165, 1.54) is 0 Å². The first-order chi connectivity index (χ1) is 8.58. The van der Waals surface area contributed by atoms with Crippen LogP contribution < -0.4 is 0 Å². The summed E-state index contributed by atoms with van der Waals surface area (Å²) >= 11 is 0. The highest BCUT2D eigenvalue weighted by Crippen LogP contribution is 2.13. The van der Waals surface area contributed by atoms with Crippen LogP contribution in [0.3, 0.4) is 0 Å². The SMILES string of the molecule is CC(C)COCCN1CCC(OCC(=O)O)CC1. The number of hydrogen-bond acceptors (Lipinski definition) is 4. The smallest absolute Gasteiger partial charge is 0.329 e. The maximum Gasteiger partial charge on any atom is 0.329 e. The van der Waals surface area contributed by atoms with Crippen LogP contribution in [0.5, 0.6) is 0 Å². The number of piperidine rings is 1. The summed E-state index contributed by atoms with van der Waals surface area (Å²) in [6.07, 6.45) is 1.93. The number of hydrogen-bond donors (Lipinski definition) is 1. The molecule has 0 spiro atoms. The monoisotopic (exact) mass is 259 g/mol. The van der Waals surface area contributed by atoms with Gasteiger partial charge in [-0.2, -0.15) is 0 Å². The molecule has 1 heterocycles. The number of rotatable bonds is 8. The largest absolute Gasteiger partial charge is 0.480 e. The number of likely N-dealkylation sites (tertiary alicyclic amines) is 1. The number of nitrogens with zero attached hydrogens (tertiary/aromatic N) is 1. The van der Waals surface area contributed by atoms with Crippen molar-refractivity contribution >= 4 is 5.97 Å². The number of aliphatic carboxylic acids is 1. The summed E-state index contributed by atoms with van der Waals surface area (Å²) in [5, 5.41) is 8.53. The third-order valence-electron chi connectivity index (χ3n) is 2.98. The van der Waals surface area contributed by atoms with E-state index in [0.29, 0.717) is 5.92 Å². The molecule has 5 heteroatoms. The zero-order valence-corrected chi connectivity index (χ0v) is 11.4. The number of carbonyl (C=O) groups is 1. The number of carboxylic acid groups (broad SMARTS) is 1. The molecule has 1 aliphatic rings. The van der Waals surface area contributed by atoms with Crippen molar-refractivity contribution < 1.29 is 19.4 Å². The maximum atomic E-state index is 10.4. The topological polar surface area (TPSA) is 59.0 Å². The predicted molar refractivity (Wildman–Crippen MR) is 68.7 cm³/mol. The highest BCUT2D eigenvalue weighted by Gasteiger charge is 2.19. The molecule has 0 saturated carbocycles. The highest BCUT2D eigenvalue weighted by molar-refractivity contribution is 5.68. The first-order valence-corrected chi connectivity index (χ1v) is 6.71. The Kier molecular flexibility index (Phi) is 7.23. The van der Waals surface area contributed by atoms with Crippen LogP contribution >= 0.6 is 0 Å². The van der Waals surface area contributed by atoms with E-state index in [-0.39, 0.29) is 12.7 Å². The summed E-state index contributed by atoms with van der Waals surface area (Å²) in [6, 6.07) is 0. The molecule has 5 nitrogen and oxygen atoms in total. The summed E-state index contributed by atoms with van der Waals surface area (Å²) in [4.78, 5) is 12.7. The minimum atomic E-state index is -0.889. The van der Waals surface area contributed by atoms with Crippen molar-refractivity contribution in [3.8, 4) is 0 Å². The lowest BCUT2D eigenvalue weighted by atomic mass is 10.1. The Labute approximate surface area is 109 Å². The molecule has 1 saturated heterocycles. The van der Waals surface area contributed by atoms with Crippen LogP contribution in [0.15, 0.2) is 0 Å². The van der Waals surface area contributed by atoms with Gasteiger partial charge in [0.15, 0.2) is 0 Å². The second-order valence-corrected chi connectivity index (χ2v) is 5.21. The van der Waals surface area contributed by atoms with Crippen LogP contribution in [-0.4, -0.2) is 61.5 Å². The van der Waals surface area contributed by atoms with Gasteiger partial charge in [-0.05, 0) is 18.8 Å². The minimum Gasteiger partial charge on any atom is -0.480 e. The molecule has 18 heavy (non-hydrogen) atoms. The molecule has 1 N–H and O–H groups in total. The Bertz CT molecular complexity index is 237. The first kappa shape index (κ1) is 15.4. The molecule has 0 radical (unpaired) electrons. The number of ether oxygens (including phenoxy) is 2. The van der Waals surface area contributed by atoms with Crippen molar-refractivity contribution in [2.24, 2.45) is 5.92 Å². The number of carboxylic acids is 1. The van der Waals surface area contributed by atoms with Crippen molar-refractivity contribution in [1.29, 1.82) is 0 Å². The molecule has 1 fully saturated rings. The van der Waals surface area contributed by atoms with Gasteiger partial charge in [0.1, 0.15) is 6.61 Å². The first-order valence-electron chi connectivity index (χ1n) is 6.71. The molecule has 1 aliphatic heterocycles. The molecular weight excluding hydrogens is 234 g/mol. The van der Waals surface area contributed by atoms with Gasteiger partial charge in [0.2, 0.25) is 0 Å². The minimum absolute atomic E-state index is 0.105. The Morgan fingerprint density at radius 3 is 2.61 bits per heavy atom. The van der Waals surface area contributed by atoms with E-state index < -0.39 is 5.97 Å². The van der Waals surface area contributed by atoms with E-state index in [9.17, 15) is 4.79 Å². The van der Waals surface area contributed by atoms with Crippen LogP contribution in [0.4, 0.5) is 0 Å². The van der Waals surface area contributed by atoms with Crippen LogP contribution in [0.1, 0.15) is 26.7 Å². The zero-order valence-electron chi connectivity index (χ0n) is 11.4. The standard InChI is InChI=1S/C13H25NO4/c1-11(2)9-17-8-7-14-5-3-12(4-6-14)18-10-13(15)16/h11-12H,3-10H2,1-2H3,(H,15,16). The Morgan fingerprint density at radius 1 is 1.39 bits per heavy atom. The molecule has 0 aromatic carbocycles. The Balaban J connectivity index is 2.03. The summed E-state index contributed by atoms with van der Waals surface area (Å²) in [5.74, 6) is -0.306. The van der Waals surface area contributed by atoms with Gasteiger partial charge in [0.25, 0.3) is 0 Å². The highest BCUT2D eigenvalue weighted by atomic mass is 16.5. The van der Waals surface area contributed by atoms with Gasteiger partial charge in [0, 0.05) is 26.2 Å². The van der Waals surface area contributed by atoms with Crippen LogP contribution in [0.25, 0.3) is 0 Å². The van der Waals surface area contributed by atoms with Crippen molar-refractivity contribution in [1.82, 2.24) is 4.90 Å². The van der Waals surface area contributed by atoms with Crippen molar-refractivity contribution in [3.63, 3.8) is 0 Å². The van der Waals surface area contributed by atoms with E-state index in [1.807, 2.05) is 0 Å². The fourth-order valence-corrected chi connectivity index (χ4v) is 2.00. The normalized spacial score (nSPS) is 18.4. The lowest BCUT2D eigenvalue weighted by molar-refractivity contribution is -0.145.